The van der Waals surface area contributed by atoms with Gasteiger partial charge in [0.1, 0.15) is 0 Å². The minimum Gasteiger partial charge on any atom is -0.384 e. The van der Waals surface area contributed by atoms with Gasteiger partial charge in [0.05, 0.1) is 6.04 Å². The Balaban J connectivity index is 0.000000125. The van der Waals surface area contributed by atoms with E-state index in [1.54, 1.807) is 0 Å². The van der Waals surface area contributed by atoms with Crippen molar-refractivity contribution in [2.24, 2.45) is 5.92 Å². The van der Waals surface area contributed by atoms with Crippen LogP contribution in [0.4, 0.5) is 0 Å². The second-order valence-electron chi connectivity index (χ2n) is 31.2. The smallest absolute Gasteiger partial charge is 0.0569 e. The van der Waals surface area contributed by atoms with Crippen LogP contribution in [0.3, 0.4) is 0 Å². The number of fused-ring (bicyclic) bond motifs is 10. The van der Waals surface area contributed by atoms with Crippen molar-refractivity contribution < 1.29 is 0 Å². The van der Waals surface area contributed by atoms with Gasteiger partial charge < -0.3 is 50.2 Å². The molecule has 0 saturated heterocycles. The van der Waals surface area contributed by atoms with Gasteiger partial charge in [-0.25, -0.2) is 0 Å². The van der Waals surface area contributed by atoms with E-state index in [2.05, 4.69) is 419 Å². The second kappa shape index (κ2) is 38.4. The van der Waals surface area contributed by atoms with E-state index in [1.165, 1.54) is 210 Å². The van der Waals surface area contributed by atoms with Crippen molar-refractivity contribution >= 4 is 98.1 Å². The van der Waals surface area contributed by atoms with Crippen LogP contribution in [-0.4, -0.2) is 50.9 Å². The molecule has 0 amide bonds. The minimum atomic E-state index is 0.542. The summed E-state index contributed by atoms with van der Waals surface area (Å²) < 4.78 is 0. The molecule has 586 valence electrons. The lowest BCUT2D eigenvalue weighted by molar-refractivity contribution is 0.601. The molecule has 18 aromatic rings. The van der Waals surface area contributed by atoms with E-state index in [-0.39, 0.29) is 0 Å². The van der Waals surface area contributed by atoms with E-state index < -0.39 is 0 Å². The van der Waals surface area contributed by atoms with E-state index >= 15 is 0 Å². The van der Waals surface area contributed by atoms with Crippen LogP contribution in [0.1, 0.15) is 142 Å². The molecular formula is C104H120N10. The molecule has 0 radical (unpaired) electrons. The Morgan fingerprint density at radius 1 is 0.281 bits per heavy atom. The van der Waals surface area contributed by atoms with Gasteiger partial charge in [-0.2, -0.15) is 0 Å². The van der Waals surface area contributed by atoms with Crippen LogP contribution < -0.4 is 5.32 Å². The van der Waals surface area contributed by atoms with Gasteiger partial charge in [0.25, 0.3) is 0 Å². The van der Waals surface area contributed by atoms with Crippen molar-refractivity contribution in [2.75, 3.05) is 0 Å². The summed E-state index contributed by atoms with van der Waals surface area (Å²) in [5.41, 5.74) is 37.8. The third-order valence-corrected chi connectivity index (χ3v) is 21.7. The lowest BCUT2D eigenvalue weighted by Crippen LogP contribution is -2.28. The summed E-state index contributed by atoms with van der Waals surface area (Å²) >= 11 is 0. The number of allylic oxidation sites excluding steroid dienone is 2. The second-order valence-corrected chi connectivity index (χ2v) is 31.2. The number of nitrogens with one attached hydrogen (secondary N) is 10. The maximum Gasteiger partial charge on any atom is 0.0569 e. The Hall–Kier alpha value is -12.1. The van der Waals surface area contributed by atoms with Gasteiger partial charge in [-0.15, -0.1) is 0 Å². The van der Waals surface area contributed by atoms with Crippen molar-refractivity contribution in [3.05, 3.63) is 355 Å². The first-order valence-corrected chi connectivity index (χ1v) is 40.7. The number of hydrogen-bond donors (Lipinski definition) is 10. The van der Waals surface area contributed by atoms with Crippen LogP contribution in [0, 0.1) is 103 Å². The molecule has 2 atom stereocenters. The van der Waals surface area contributed by atoms with Crippen LogP contribution in [-0.2, 0) is 25.7 Å². The highest BCUT2D eigenvalue weighted by atomic mass is 14.9. The molecule has 0 fully saturated rings. The number of para-hydroxylation sites is 3. The maximum atomic E-state index is 3.42. The number of aromatic nitrogens is 9. The summed E-state index contributed by atoms with van der Waals surface area (Å²) in [6, 6.07) is 71.5. The Labute approximate surface area is 675 Å². The molecule has 0 bridgehead atoms. The average Bonchev–Trinajstić information content (AvgIpc) is 1.67. The van der Waals surface area contributed by atoms with Crippen LogP contribution in [0.15, 0.2) is 254 Å². The Bertz CT molecular complexity index is 6120. The highest BCUT2D eigenvalue weighted by molar-refractivity contribution is 5.89. The largest absolute Gasteiger partial charge is 0.384 e. The molecule has 10 heterocycles. The molecule has 114 heavy (non-hydrogen) atoms. The fourth-order valence-electron chi connectivity index (χ4n) is 15.2. The van der Waals surface area contributed by atoms with Gasteiger partial charge in [-0.05, 0) is 311 Å². The van der Waals surface area contributed by atoms with Crippen LogP contribution in [0.25, 0.3) is 98.1 Å². The molecule has 20 rings (SSSR count). The Kier molecular flexibility index (Phi) is 27.9. The molecule has 1 aliphatic heterocycles. The van der Waals surface area contributed by atoms with Gasteiger partial charge in [0.2, 0.25) is 0 Å². The number of aryl methyl sites for hydroxylation is 18. The van der Waals surface area contributed by atoms with Gasteiger partial charge in [0.15, 0.2) is 0 Å². The molecule has 0 spiro atoms. The molecule has 10 heteroatoms. The summed E-state index contributed by atoms with van der Waals surface area (Å²) in [6.45, 7) is 42.6. The number of hydrogen-bond acceptors (Lipinski definition) is 1. The first-order valence-electron chi connectivity index (χ1n) is 40.7. The lowest BCUT2D eigenvalue weighted by atomic mass is 9.88. The Morgan fingerprint density at radius 3 is 1.37 bits per heavy atom. The molecule has 10 N–H and O–H groups in total. The van der Waals surface area contributed by atoms with Gasteiger partial charge in [-0.1, -0.05) is 177 Å². The first-order chi connectivity index (χ1) is 54.9. The van der Waals surface area contributed by atoms with Gasteiger partial charge >= 0.3 is 0 Å². The third kappa shape index (κ3) is 20.9. The van der Waals surface area contributed by atoms with E-state index in [9.17, 15) is 0 Å². The van der Waals surface area contributed by atoms with Crippen molar-refractivity contribution in [1.29, 1.82) is 0 Å². The summed E-state index contributed by atoms with van der Waals surface area (Å²) in [4.78, 5) is 29.8. The van der Waals surface area contributed by atoms with Crippen LogP contribution >= 0.6 is 0 Å². The summed E-state index contributed by atoms with van der Waals surface area (Å²) in [6.07, 6.45) is 19.3. The van der Waals surface area contributed by atoms with Crippen molar-refractivity contribution in [3.63, 3.8) is 0 Å². The predicted octanol–water partition coefficient (Wildman–Crippen LogP) is 28.1. The fraction of sp³-hybridized carbons (Fsp3) is 0.250. The fourth-order valence-corrected chi connectivity index (χ4v) is 15.2. The SMILES string of the molecule is CC1=CNC2C(C)=CC=CC12.CCc1c[nH]c2c(C)cccc12.CCc1cc2c(CC)cccc2[nH]1.CCc1cc2cccc(C)c2[nH]1.Cc1cc2c(C)cccc2[nH]1.Cc1cc2cccc(C)c2[nH]1.Cc1ccc2[nH]c(C)cc2c1.Cc1ccc2[nH]c(C)cc2c1.Cc1ccc2[nH]cc(C)c2c1.Cc1ccc2c(C)c[nH]c2c1. The molecule has 9 aromatic carbocycles. The Morgan fingerprint density at radius 2 is 0.763 bits per heavy atom. The maximum absolute atomic E-state index is 3.42. The van der Waals surface area contributed by atoms with Crippen molar-refractivity contribution in [3.8, 4) is 0 Å². The van der Waals surface area contributed by atoms with Crippen molar-refractivity contribution in [1.82, 2.24) is 50.2 Å². The molecule has 10 nitrogen and oxygen atoms in total. The number of H-pyrrole nitrogens is 9. The number of rotatable bonds is 4. The number of benzene rings is 9. The predicted molar refractivity (Wildman–Crippen MR) is 496 cm³/mol. The highest BCUT2D eigenvalue weighted by Crippen LogP contribution is 2.31. The van der Waals surface area contributed by atoms with E-state index in [0.717, 1.165) is 25.7 Å². The van der Waals surface area contributed by atoms with E-state index in [0.29, 0.717) is 12.0 Å². The van der Waals surface area contributed by atoms with Crippen LogP contribution in [0.2, 0.25) is 0 Å². The van der Waals surface area contributed by atoms with Gasteiger partial charge in [-0.3, -0.25) is 0 Å². The molecule has 9 aromatic heterocycles. The van der Waals surface area contributed by atoms with E-state index in [1.807, 2.05) is 12.4 Å². The first kappa shape index (κ1) is 82.8. The molecular weight excluding hydrogens is 1390 g/mol. The van der Waals surface area contributed by atoms with E-state index in [4.69, 9.17) is 0 Å². The topological polar surface area (TPSA) is 154 Å². The molecule has 0 saturated carbocycles. The monoisotopic (exact) mass is 1510 g/mol. The number of aromatic amines is 9. The third-order valence-electron chi connectivity index (χ3n) is 21.7. The summed E-state index contributed by atoms with van der Waals surface area (Å²) in [5, 5.41) is 15.4. The zero-order valence-corrected chi connectivity index (χ0v) is 71.1. The summed E-state index contributed by atoms with van der Waals surface area (Å²) in [5.74, 6) is 0.611. The normalized spacial score (nSPS) is 13.0. The van der Waals surface area contributed by atoms with Gasteiger partial charge in [0, 0.05) is 135 Å². The molecule has 2 unspecified atom stereocenters. The van der Waals surface area contributed by atoms with Crippen LogP contribution in [0.5, 0.6) is 0 Å². The highest BCUT2D eigenvalue weighted by Gasteiger charge is 2.27. The quantitative estimate of drug-likeness (QED) is 0.0838. The standard InChI is InChI=1S/C12H15N.2C11H13N.5C10H11N.C10H13N.C10H11N/c1-3-9-6-5-7-12-11(9)8-10(4-2)13-12;1-3-10-7-9-6-4-5-8(2)11(9)12-10;1-3-9-7-12-11-8(2)5-4-6-10(9)11;1-7-3-4-10-9(5-7)8(2)6-11-10;2*1-7-3-4-10-9(5-7)6-8(2)11-10;1-7-3-4-9-8(2)6-11-10(9)5-7;1-7-4-3-5-10-9(7)6-8(2)11-10;1-7-4-3-5-9-8(2)6-11-10(7)9;1-7-4-3-5-9-6-8(2)11-10(7)9/h5-8,13H,3-4H2,1-2H3;2*4-7,12H,3H2,1-2H3;5*3-6,11H,1-2H3;3-6,9-11H,1-2H3;3-6,11H,1-2H3. The zero-order valence-electron chi connectivity index (χ0n) is 71.1. The minimum absolute atomic E-state index is 0.542. The zero-order chi connectivity index (χ0) is 81.3. The molecule has 2 aliphatic rings. The summed E-state index contributed by atoms with van der Waals surface area (Å²) in [7, 11) is 0. The molecule has 1 aliphatic carbocycles. The average molecular weight is 1510 g/mol. The lowest BCUT2D eigenvalue weighted by Gasteiger charge is -2.22. The van der Waals surface area contributed by atoms with Crippen molar-refractivity contribution in [2.45, 2.75) is 170 Å².